The number of ether oxygens (including phenoxy) is 1. The first-order valence-electron chi connectivity index (χ1n) is 6.34. The Bertz CT molecular complexity index is 511. The van der Waals surface area contributed by atoms with Crippen LogP contribution < -0.4 is 15.8 Å². The Morgan fingerprint density at radius 3 is 3.11 bits per heavy atom. The molecule has 102 valence electrons. The molecule has 0 spiro atoms. The molecule has 1 aromatic carbocycles. The first-order chi connectivity index (χ1) is 9.33. The normalized spacial score (nSPS) is 10.4. The van der Waals surface area contributed by atoms with Crippen molar-refractivity contribution in [3.63, 3.8) is 0 Å². The average molecular weight is 261 g/mol. The van der Waals surface area contributed by atoms with Gasteiger partial charge in [-0.05, 0) is 30.7 Å². The number of nitrogens with zero attached hydrogens (tertiary/aromatic N) is 1. The van der Waals surface area contributed by atoms with E-state index in [2.05, 4.69) is 10.5 Å². The van der Waals surface area contributed by atoms with Gasteiger partial charge in [0.25, 0.3) is 0 Å². The Morgan fingerprint density at radius 2 is 2.32 bits per heavy atom. The number of aromatic nitrogens is 1. The summed E-state index contributed by atoms with van der Waals surface area (Å²) in [6, 6.07) is 7.91. The maximum Gasteiger partial charge on any atom is 0.164 e. The molecule has 2 rings (SSSR count). The first-order valence-corrected chi connectivity index (χ1v) is 6.34. The molecular formula is C14H19N3O2. The zero-order chi connectivity index (χ0) is 13.5. The van der Waals surface area contributed by atoms with E-state index in [4.69, 9.17) is 15.0 Å². The van der Waals surface area contributed by atoms with Crippen molar-refractivity contribution in [3.8, 4) is 5.75 Å². The Morgan fingerprint density at radius 1 is 1.42 bits per heavy atom. The molecule has 0 atom stereocenters. The summed E-state index contributed by atoms with van der Waals surface area (Å²) in [4.78, 5) is 0. The summed E-state index contributed by atoms with van der Waals surface area (Å²) < 4.78 is 10.5. The van der Waals surface area contributed by atoms with Gasteiger partial charge < -0.3 is 20.3 Å². The monoisotopic (exact) mass is 261 g/mol. The van der Waals surface area contributed by atoms with Gasteiger partial charge in [0.2, 0.25) is 0 Å². The summed E-state index contributed by atoms with van der Waals surface area (Å²) in [5.41, 5.74) is 7.52. The van der Waals surface area contributed by atoms with E-state index in [0.717, 1.165) is 35.7 Å². The second kappa shape index (κ2) is 6.80. The fourth-order valence-corrected chi connectivity index (χ4v) is 1.83. The van der Waals surface area contributed by atoms with Crippen molar-refractivity contribution < 1.29 is 9.26 Å². The summed E-state index contributed by atoms with van der Waals surface area (Å²) in [5.74, 6) is 1.67. The van der Waals surface area contributed by atoms with Gasteiger partial charge in [0.1, 0.15) is 5.75 Å². The fraction of sp³-hybridized carbons (Fsp3) is 0.357. The molecule has 0 saturated heterocycles. The van der Waals surface area contributed by atoms with E-state index in [0.29, 0.717) is 13.0 Å². The molecule has 0 aliphatic rings. The van der Waals surface area contributed by atoms with E-state index in [1.807, 2.05) is 24.3 Å². The van der Waals surface area contributed by atoms with Crippen LogP contribution in [-0.4, -0.2) is 25.4 Å². The third-order valence-corrected chi connectivity index (χ3v) is 2.84. The third kappa shape index (κ3) is 3.72. The van der Waals surface area contributed by atoms with Gasteiger partial charge in [-0.3, -0.25) is 0 Å². The maximum atomic E-state index is 5.47. The molecule has 0 aliphatic carbocycles. The molecule has 0 unspecified atom stereocenters. The van der Waals surface area contributed by atoms with E-state index in [1.54, 1.807) is 13.3 Å². The van der Waals surface area contributed by atoms with Gasteiger partial charge in [-0.2, -0.15) is 0 Å². The van der Waals surface area contributed by atoms with Crippen molar-refractivity contribution >= 4 is 5.69 Å². The lowest BCUT2D eigenvalue weighted by Crippen LogP contribution is -2.08. The standard InChI is InChI=1S/C14H19N3O2/c1-18-12-5-2-4-11(8-12)9-14-13(10-17-19-14)16-7-3-6-15/h2,4-5,8,10,16H,3,6-7,9,15H2,1H3. The van der Waals surface area contributed by atoms with E-state index >= 15 is 0 Å². The minimum Gasteiger partial charge on any atom is -0.497 e. The number of nitrogens with one attached hydrogen (secondary N) is 1. The summed E-state index contributed by atoms with van der Waals surface area (Å²) >= 11 is 0. The van der Waals surface area contributed by atoms with Crippen LogP contribution >= 0.6 is 0 Å². The molecule has 0 fully saturated rings. The number of hydrogen-bond acceptors (Lipinski definition) is 5. The summed E-state index contributed by atoms with van der Waals surface area (Å²) in [5, 5.41) is 7.12. The largest absolute Gasteiger partial charge is 0.497 e. The van der Waals surface area contributed by atoms with Crippen LogP contribution in [0.25, 0.3) is 0 Å². The van der Waals surface area contributed by atoms with Crippen molar-refractivity contribution in [2.45, 2.75) is 12.8 Å². The highest BCUT2D eigenvalue weighted by Crippen LogP contribution is 2.21. The minimum absolute atomic E-state index is 0.670. The second-order valence-corrected chi connectivity index (χ2v) is 4.26. The zero-order valence-corrected chi connectivity index (χ0v) is 11.1. The van der Waals surface area contributed by atoms with Gasteiger partial charge in [-0.15, -0.1) is 0 Å². The Balaban J connectivity index is 2.03. The molecule has 0 radical (unpaired) electrons. The summed E-state index contributed by atoms with van der Waals surface area (Å²) in [6.45, 7) is 1.49. The van der Waals surface area contributed by atoms with Gasteiger partial charge in [-0.25, -0.2) is 0 Å². The van der Waals surface area contributed by atoms with Gasteiger partial charge in [-0.1, -0.05) is 17.3 Å². The molecule has 5 heteroatoms. The van der Waals surface area contributed by atoms with Crippen molar-refractivity contribution in [1.82, 2.24) is 5.16 Å². The van der Waals surface area contributed by atoms with Crippen LogP contribution in [0.2, 0.25) is 0 Å². The lowest BCUT2D eigenvalue weighted by Gasteiger charge is -2.06. The van der Waals surface area contributed by atoms with Gasteiger partial charge in [0.05, 0.1) is 19.0 Å². The maximum absolute atomic E-state index is 5.47. The number of methoxy groups -OCH3 is 1. The lowest BCUT2D eigenvalue weighted by molar-refractivity contribution is 0.389. The van der Waals surface area contributed by atoms with Crippen LogP contribution in [-0.2, 0) is 6.42 Å². The van der Waals surface area contributed by atoms with Crippen LogP contribution in [0.15, 0.2) is 35.0 Å². The van der Waals surface area contributed by atoms with Gasteiger partial charge in [0, 0.05) is 13.0 Å². The number of anilines is 1. The molecule has 2 aromatic rings. The topological polar surface area (TPSA) is 73.3 Å². The quantitative estimate of drug-likeness (QED) is 0.746. The van der Waals surface area contributed by atoms with Crippen molar-refractivity contribution in [1.29, 1.82) is 0 Å². The Labute approximate surface area is 112 Å². The molecular weight excluding hydrogens is 242 g/mol. The Kier molecular flexibility index (Phi) is 4.80. The van der Waals surface area contributed by atoms with Crippen LogP contribution in [0.3, 0.4) is 0 Å². The van der Waals surface area contributed by atoms with E-state index in [9.17, 15) is 0 Å². The highest BCUT2D eigenvalue weighted by atomic mass is 16.5. The number of benzene rings is 1. The van der Waals surface area contributed by atoms with Crippen molar-refractivity contribution in [2.24, 2.45) is 5.73 Å². The number of nitrogens with two attached hydrogens (primary N) is 1. The van der Waals surface area contributed by atoms with Crippen molar-refractivity contribution in [2.75, 3.05) is 25.5 Å². The van der Waals surface area contributed by atoms with Crippen LogP contribution in [0, 0.1) is 0 Å². The van der Waals surface area contributed by atoms with Crippen LogP contribution in [0.1, 0.15) is 17.7 Å². The fourth-order valence-electron chi connectivity index (χ4n) is 1.83. The second-order valence-electron chi connectivity index (χ2n) is 4.26. The molecule has 3 N–H and O–H groups in total. The summed E-state index contributed by atoms with van der Waals surface area (Å²) in [6.07, 6.45) is 3.30. The SMILES string of the molecule is COc1cccc(Cc2oncc2NCCCN)c1. The van der Waals surface area contributed by atoms with Gasteiger partial charge in [0.15, 0.2) is 5.76 Å². The molecule has 5 nitrogen and oxygen atoms in total. The smallest absolute Gasteiger partial charge is 0.164 e. The minimum atomic E-state index is 0.670. The van der Waals surface area contributed by atoms with Gasteiger partial charge >= 0.3 is 0 Å². The molecule has 0 bridgehead atoms. The Hall–Kier alpha value is -2.01. The highest BCUT2D eigenvalue weighted by Gasteiger charge is 2.09. The molecule has 1 aromatic heterocycles. The van der Waals surface area contributed by atoms with Crippen LogP contribution in [0.5, 0.6) is 5.75 Å². The predicted molar refractivity (Wildman–Crippen MR) is 74.5 cm³/mol. The number of rotatable bonds is 7. The summed E-state index contributed by atoms with van der Waals surface area (Å²) in [7, 11) is 1.66. The molecule has 0 aliphatic heterocycles. The third-order valence-electron chi connectivity index (χ3n) is 2.84. The number of hydrogen-bond donors (Lipinski definition) is 2. The van der Waals surface area contributed by atoms with E-state index in [1.165, 1.54) is 0 Å². The average Bonchev–Trinajstić information content (AvgIpc) is 2.87. The van der Waals surface area contributed by atoms with E-state index < -0.39 is 0 Å². The van der Waals surface area contributed by atoms with Crippen LogP contribution in [0.4, 0.5) is 5.69 Å². The molecule has 0 amide bonds. The molecule has 1 heterocycles. The predicted octanol–water partition coefficient (Wildman–Crippen LogP) is 2.03. The van der Waals surface area contributed by atoms with E-state index in [-0.39, 0.29) is 0 Å². The highest BCUT2D eigenvalue weighted by molar-refractivity contribution is 5.46. The lowest BCUT2D eigenvalue weighted by atomic mass is 10.1. The van der Waals surface area contributed by atoms with Crippen molar-refractivity contribution in [3.05, 3.63) is 41.8 Å². The molecule has 0 saturated carbocycles. The zero-order valence-electron chi connectivity index (χ0n) is 11.1. The molecule has 19 heavy (non-hydrogen) atoms. The first kappa shape index (κ1) is 13.4.